The average Bonchev–Trinajstić information content (AvgIpc) is 2.59. The molecule has 0 spiro atoms. The quantitative estimate of drug-likeness (QED) is 0.361. The van der Waals surface area contributed by atoms with Crippen LogP contribution in [0.1, 0.15) is 12.5 Å². The van der Waals surface area contributed by atoms with Crippen molar-refractivity contribution in [2.45, 2.75) is 25.4 Å². The Hall–Kier alpha value is -2.94. The number of hydrogen-bond acceptors (Lipinski definition) is 5. The molecule has 9 nitrogen and oxygen atoms in total. The molecule has 0 heterocycles. The van der Waals surface area contributed by atoms with E-state index in [0.717, 1.165) is 5.56 Å². The first-order valence-corrected chi connectivity index (χ1v) is 7.66. The first kappa shape index (κ1) is 20.1. The SMILES string of the molecule is CC(NC(=O)CN)C(=O)NC(Cc1ccccc1)C(=O)NCC(=O)O. The van der Waals surface area contributed by atoms with Gasteiger partial charge in [0.25, 0.3) is 0 Å². The minimum atomic E-state index is -1.19. The molecule has 9 heteroatoms. The number of carbonyl (C=O) groups excluding carboxylic acids is 3. The molecule has 25 heavy (non-hydrogen) atoms. The van der Waals surface area contributed by atoms with Crippen molar-refractivity contribution >= 4 is 23.7 Å². The maximum absolute atomic E-state index is 12.2. The molecule has 1 rings (SSSR count). The van der Waals surface area contributed by atoms with Crippen LogP contribution in [0.15, 0.2) is 30.3 Å². The predicted octanol–water partition coefficient (Wildman–Crippen LogP) is -1.62. The van der Waals surface area contributed by atoms with Crippen LogP contribution in [-0.2, 0) is 25.6 Å². The second kappa shape index (κ2) is 10.0. The Balaban J connectivity index is 2.78. The highest BCUT2D eigenvalue weighted by Crippen LogP contribution is 2.04. The van der Waals surface area contributed by atoms with Crippen molar-refractivity contribution < 1.29 is 24.3 Å². The van der Waals surface area contributed by atoms with Crippen molar-refractivity contribution in [2.24, 2.45) is 5.73 Å². The third kappa shape index (κ3) is 7.44. The molecule has 3 amide bonds. The number of carboxylic acid groups (broad SMARTS) is 1. The largest absolute Gasteiger partial charge is 0.480 e. The zero-order valence-corrected chi connectivity index (χ0v) is 13.8. The molecule has 0 aliphatic rings. The number of carboxylic acids is 1. The van der Waals surface area contributed by atoms with Gasteiger partial charge in [0.05, 0.1) is 6.54 Å². The molecule has 2 unspecified atom stereocenters. The number of carbonyl (C=O) groups is 4. The number of nitrogens with two attached hydrogens (primary N) is 1. The van der Waals surface area contributed by atoms with E-state index in [2.05, 4.69) is 16.0 Å². The van der Waals surface area contributed by atoms with E-state index in [1.165, 1.54) is 6.92 Å². The van der Waals surface area contributed by atoms with E-state index in [1.54, 1.807) is 24.3 Å². The fourth-order valence-electron chi connectivity index (χ4n) is 2.01. The highest BCUT2D eigenvalue weighted by atomic mass is 16.4. The van der Waals surface area contributed by atoms with Crippen LogP contribution in [0.5, 0.6) is 0 Å². The molecule has 0 aromatic heterocycles. The van der Waals surface area contributed by atoms with E-state index in [-0.39, 0.29) is 13.0 Å². The third-order valence-electron chi connectivity index (χ3n) is 3.29. The van der Waals surface area contributed by atoms with Gasteiger partial charge in [-0.25, -0.2) is 0 Å². The fourth-order valence-corrected chi connectivity index (χ4v) is 2.01. The molecule has 0 aliphatic heterocycles. The molecule has 0 saturated carbocycles. The van der Waals surface area contributed by atoms with Gasteiger partial charge in [-0.05, 0) is 12.5 Å². The minimum absolute atomic E-state index is 0.176. The van der Waals surface area contributed by atoms with Crippen LogP contribution in [0.25, 0.3) is 0 Å². The first-order valence-electron chi connectivity index (χ1n) is 7.66. The van der Waals surface area contributed by atoms with Crippen molar-refractivity contribution in [3.05, 3.63) is 35.9 Å². The first-order chi connectivity index (χ1) is 11.8. The van der Waals surface area contributed by atoms with E-state index in [1.807, 2.05) is 6.07 Å². The van der Waals surface area contributed by atoms with Crippen LogP contribution in [0, 0.1) is 0 Å². The Labute approximate surface area is 145 Å². The zero-order chi connectivity index (χ0) is 18.8. The molecular weight excluding hydrogens is 328 g/mol. The Morgan fingerprint density at radius 2 is 1.72 bits per heavy atom. The second-order valence-electron chi connectivity index (χ2n) is 5.36. The number of amides is 3. The van der Waals surface area contributed by atoms with Gasteiger partial charge < -0.3 is 26.8 Å². The fraction of sp³-hybridized carbons (Fsp3) is 0.375. The standard InChI is InChI=1S/C16H22N4O5/c1-10(19-13(21)8-17)15(24)20-12(16(25)18-9-14(22)23)7-11-5-3-2-4-6-11/h2-6,10,12H,7-9,17H2,1H3,(H,18,25)(H,19,21)(H,20,24)(H,22,23). The van der Waals surface area contributed by atoms with Crippen LogP contribution >= 0.6 is 0 Å². The van der Waals surface area contributed by atoms with E-state index in [0.29, 0.717) is 0 Å². The average molecular weight is 350 g/mol. The number of rotatable bonds is 9. The summed E-state index contributed by atoms with van der Waals surface area (Å²) in [6.45, 7) is 0.640. The minimum Gasteiger partial charge on any atom is -0.480 e. The van der Waals surface area contributed by atoms with Gasteiger partial charge in [0, 0.05) is 6.42 Å². The number of nitrogens with one attached hydrogen (secondary N) is 3. The van der Waals surface area contributed by atoms with E-state index >= 15 is 0 Å². The summed E-state index contributed by atoms with van der Waals surface area (Å²) in [6.07, 6.45) is 0.176. The molecule has 6 N–H and O–H groups in total. The molecule has 0 saturated heterocycles. The molecule has 1 aromatic rings. The molecule has 0 aliphatic carbocycles. The van der Waals surface area contributed by atoms with Crippen molar-refractivity contribution in [3.63, 3.8) is 0 Å². The summed E-state index contributed by atoms with van der Waals surface area (Å²) >= 11 is 0. The summed E-state index contributed by atoms with van der Waals surface area (Å²) in [7, 11) is 0. The zero-order valence-electron chi connectivity index (χ0n) is 13.8. The van der Waals surface area contributed by atoms with Crippen LogP contribution in [-0.4, -0.2) is 54.0 Å². The van der Waals surface area contributed by atoms with Crippen molar-refractivity contribution in [3.8, 4) is 0 Å². The van der Waals surface area contributed by atoms with Gasteiger partial charge in [0.2, 0.25) is 17.7 Å². The molecular formula is C16H22N4O5. The Morgan fingerprint density at radius 3 is 2.28 bits per heavy atom. The van der Waals surface area contributed by atoms with Crippen molar-refractivity contribution in [1.82, 2.24) is 16.0 Å². The van der Waals surface area contributed by atoms with Crippen molar-refractivity contribution in [2.75, 3.05) is 13.1 Å². The van der Waals surface area contributed by atoms with Gasteiger partial charge in [-0.3, -0.25) is 19.2 Å². The molecule has 1 aromatic carbocycles. The highest BCUT2D eigenvalue weighted by Gasteiger charge is 2.24. The molecule has 136 valence electrons. The van der Waals surface area contributed by atoms with Gasteiger partial charge >= 0.3 is 5.97 Å². The van der Waals surface area contributed by atoms with Gasteiger partial charge in [0.1, 0.15) is 18.6 Å². The topological polar surface area (TPSA) is 151 Å². The number of aliphatic carboxylic acids is 1. The molecule has 0 bridgehead atoms. The summed E-state index contributed by atoms with van der Waals surface area (Å²) in [6, 6.07) is 7.08. The lowest BCUT2D eigenvalue weighted by atomic mass is 10.0. The van der Waals surface area contributed by atoms with Crippen molar-refractivity contribution in [1.29, 1.82) is 0 Å². The molecule has 0 fully saturated rings. The summed E-state index contributed by atoms with van der Waals surface area (Å²) in [5.41, 5.74) is 5.97. The smallest absolute Gasteiger partial charge is 0.322 e. The van der Waals surface area contributed by atoms with Gasteiger partial charge in [-0.1, -0.05) is 30.3 Å². The Morgan fingerprint density at radius 1 is 1.08 bits per heavy atom. The lowest BCUT2D eigenvalue weighted by Crippen LogP contribution is -2.54. The van der Waals surface area contributed by atoms with Crippen LogP contribution < -0.4 is 21.7 Å². The van der Waals surface area contributed by atoms with Crippen LogP contribution in [0.4, 0.5) is 0 Å². The summed E-state index contributed by atoms with van der Waals surface area (Å²) in [5.74, 6) is -2.90. The van der Waals surface area contributed by atoms with Gasteiger partial charge in [-0.15, -0.1) is 0 Å². The monoisotopic (exact) mass is 350 g/mol. The summed E-state index contributed by atoms with van der Waals surface area (Å²) in [5, 5.41) is 15.8. The number of benzene rings is 1. The summed E-state index contributed by atoms with van der Waals surface area (Å²) < 4.78 is 0. The third-order valence-corrected chi connectivity index (χ3v) is 3.29. The van der Waals surface area contributed by atoms with Crippen LogP contribution in [0.3, 0.4) is 0 Å². The van der Waals surface area contributed by atoms with E-state index < -0.39 is 42.3 Å². The maximum Gasteiger partial charge on any atom is 0.322 e. The second-order valence-corrected chi connectivity index (χ2v) is 5.36. The molecule has 2 atom stereocenters. The lowest BCUT2D eigenvalue weighted by molar-refractivity contribution is -0.138. The van der Waals surface area contributed by atoms with Gasteiger partial charge in [-0.2, -0.15) is 0 Å². The molecule has 0 radical (unpaired) electrons. The predicted molar refractivity (Wildman–Crippen MR) is 89.4 cm³/mol. The van der Waals surface area contributed by atoms with E-state index in [9.17, 15) is 19.2 Å². The Bertz CT molecular complexity index is 620. The normalized spacial score (nSPS) is 12.6. The van der Waals surface area contributed by atoms with Gasteiger partial charge in [0.15, 0.2) is 0 Å². The Kier molecular flexibility index (Phi) is 8.07. The van der Waals surface area contributed by atoms with Crippen LogP contribution in [0.2, 0.25) is 0 Å². The van der Waals surface area contributed by atoms with E-state index in [4.69, 9.17) is 10.8 Å². The number of hydrogen-bond donors (Lipinski definition) is 5. The highest BCUT2D eigenvalue weighted by molar-refractivity contribution is 5.93. The lowest BCUT2D eigenvalue weighted by Gasteiger charge is -2.21. The maximum atomic E-state index is 12.2. The summed E-state index contributed by atoms with van der Waals surface area (Å²) in [4.78, 5) is 46.2.